The number of hydrogen-bond donors (Lipinski definition) is 1. The molecule has 0 aromatic heterocycles. The third-order valence-electron chi connectivity index (χ3n) is 4.85. The highest BCUT2D eigenvalue weighted by atomic mass is 19.1. The van der Waals surface area contributed by atoms with E-state index in [0.717, 1.165) is 24.9 Å². The van der Waals surface area contributed by atoms with E-state index in [1.54, 1.807) is 12.1 Å². The minimum atomic E-state index is -0.514. The third kappa shape index (κ3) is 4.83. The SMILES string of the molecule is COc1ccc([N+](=O)[O-])cc1NC(=O)C1CCCN(Cc2ccc(F)cc2)C1. The van der Waals surface area contributed by atoms with Crippen LogP contribution in [0, 0.1) is 21.8 Å². The van der Waals surface area contributed by atoms with Gasteiger partial charge < -0.3 is 10.1 Å². The summed E-state index contributed by atoms with van der Waals surface area (Å²) in [5.41, 5.74) is 1.16. The standard InChI is InChI=1S/C20H22FN3O4/c1-28-19-9-8-17(24(26)27)11-18(19)22-20(25)15-3-2-10-23(13-15)12-14-4-6-16(21)7-5-14/h4-9,11,15H,2-3,10,12-13H2,1H3,(H,22,25). The van der Waals surface area contributed by atoms with Crippen molar-refractivity contribution >= 4 is 17.3 Å². The van der Waals surface area contributed by atoms with Gasteiger partial charge in [-0.2, -0.15) is 0 Å². The van der Waals surface area contributed by atoms with Gasteiger partial charge in [-0.1, -0.05) is 12.1 Å². The maximum atomic E-state index is 13.1. The van der Waals surface area contributed by atoms with Crippen LogP contribution in [0.3, 0.4) is 0 Å². The Morgan fingerprint density at radius 1 is 1.32 bits per heavy atom. The Bertz CT molecular complexity index is 857. The third-order valence-corrected chi connectivity index (χ3v) is 4.85. The monoisotopic (exact) mass is 387 g/mol. The number of anilines is 1. The summed E-state index contributed by atoms with van der Waals surface area (Å²) in [5, 5.41) is 13.8. The Kier molecular flexibility index (Phi) is 6.20. The van der Waals surface area contributed by atoms with E-state index in [9.17, 15) is 19.3 Å². The molecule has 28 heavy (non-hydrogen) atoms. The predicted octanol–water partition coefficient (Wildman–Crippen LogP) is 3.59. The molecule has 1 atom stereocenters. The normalized spacial score (nSPS) is 17.1. The number of ether oxygens (including phenoxy) is 1. The molecule has 2 aromatic carbocycles. The van der Waals surface area contributed by atoms with E-state index in [4.69, 9.17) is 4.74 Å². The second-order valence-corrected chi connectivity index (χ2v) is 6.83. The minimum absolute atomic E-state index is 0.113. The maximum absolute atomic E-state index is 13.1. The van der Waals surface area contributed by atoms with Crippen molar-refractivity contribution in [3.8, 4) is 5.75 Å². The first-order valence-corrected chi connectivity index (χ1v) is 9.06. The fourth-order valence-corrected chi connectivity index (χ4v) is 3.40. The number of likely N-dealkylation sites (tertiary alicyclic amines) is 1. The summed E-state index contributed by atoms with van der Waals surface area (Å²) in [6.07, 6.45) is 1.61. The fourth-order valence-electron chi connectivity index (χ4n) is 3.40. The van der Waals surface area contributed by atoms with Gasteiger partial charge in [-0.05, 0) is 43.1 Å². The fraction of sp³-hybridized carbons (Fsp3) is 0.350. The van der Waals surface area contributed by atoms with Crippen LogP contribution in [0.15, 0.2) is 42.5 Å². The van der Waals surface area contributed by atoms with Crippen molar-refractivity contribution in [1.29, 1.82) is 0 Å². The smallest absolute Gasteiger partial charge is 0.271 e. The van der Waals surface area contributed by atoms with Gasteiger partial charge in [-0.3, -0.25) is 19.8 Å². The second kappa shape index (κ2) is 8.79. The predicted molar refractivity (Wildman–Crippen MR) is 103 cm³/mol. The van der Waals surface area contributed by atoms with Crippen LogP contribution in [0.25, 0.3) is 0 Å². The van der Waals surface area contributed by atoms with Crippen LogP contribution in [-0.2, 0) is 11.3 Å². The van der Waals surface area contributed by atoms with E-state index >= 15 is 0 Å². The molecule has 0 bridgehead atoms. The Hall–Kier alpha value is -3.00. The number of nitrogens with zero attached hydrogens (tertiary/aromatic N) is 2. The number of carbonyl (C=O) groups excluding carboxylic acids is 1. The highest BCUT2D eigenvalue weighted by molar-refractivity contribution is 5.94. The molecule has 0 saturated carbocycles. The largest absolute Gasteiger partial charge is 0.495 e. The molecule has 0 spiro atoms. The average molecular weight is 387 g/mol. The molecule has 0 aliphatic carbocycles. The number of hydrogen-bond acceptors (Lipinski definition) is 5. The summed E-state index contributed by atoms with van der Waals surface area (Å²) < 4.78 is 18.3. The lowest BCUT2D eigenvalue weighted by molar-refractivity contribution is -0.384. The van der Waals surface area contributed by atoms with E-state index < -0.39 is 4.92 Å². The molecule has 1 unspecified atom stereocenters. The van der Waals surface area contributed by atoms with Crippen molar-refractivity contribution in [1.82, 2.24) is 4.90 Å². The lowest BCUT2D eigenvalue weighted by Gasteiger charge is -2.32. The zero-order valence-corrected chi connectivity index (χ0v) is 15.6. The summed E-state index contributed by atoms with van der Waals surface area (Å²) in [6.45, 7) is 2.08. The van der Waals surface area contributed by atoms with Gasteiger partial charge >= 0.3 is 0 Å². The topological polar surface area (TPSA) is 84.7 Å². The summed E-state index contributed by atoms with van der Waals surface area (Å²) in [7, 11) is 1.45. The van der Waals surface area contributed by atoms with Gasteiger partial charge in [-0.15, -0.1) is 0 Å². The van der Waals surface area contributed by atoms with Crippen molar-refractivity contribution in [2.24, 2.45) is 5.92 Å². The number of halogens is 1. The first-order chi connectivity index (χ1) is 13.5. The number of nitro groups is 1. The number of piperidine rings is 1. The zero-order valence-electron chi connectivity index (χ0n) is 15.6. The number of amides is 1. The van der Waals surface area contributed by atoms with E-state index in [2.05, 4.69) is 10.2 Å². The number of methoxy groups -OCH3 is 1. The van der Waals surface area contributed by atoms with Crippen LogP contribution in [-0.4, -0.2) is 35.9 Å². The van der Waals surface area contributed by atoms with Gasteiger partial charge in [0.15, 0.2) is 0 Å². The van der Waals surface area contributed by atoms with Gasteiger partial charge in [0.2, 0.25) is 5.91 Å². The first kappa shape index (κ1) is 19.8. The molecule has 3 rings (SSSR count). The molecule has 0 radical (unpaired) electrons. The number of carbonyl (C=O) groups is 1. The molecule has 1 aliphatic heterocycles. The van der Waals surface area contributed by atoms with Crippen LogP contribution in [0.2, 0.25) is 0 Å². The van der Waals surface area contributed by atoms with E-state index in [0.29, 0.717) is 18.8 Å². The number of rotatable bonds is 6. The zero-order chi connectivity index (χ0) is 20.1. The number of nitro benzene ring substituents is 1. The molecule has 1 saturated heterocycles. The lowest BCUT2D eigenvalue weighted by Crippen LogP contribution is -2.40. The molecular weight excluding hydrogens is 365 g/mol. The maximum Gasteiger partial charge on any atom is 0.271 e. The number of benzene rings is 2. The van der Waals surface area contributed by atoms with Crippen LogP contribution in [0.5, 0.6) is 5.75 Å². The molecule has 1 heterocycles. The number of nitrogens with one attached hydrogen (secondary N) is 1. The summed E-state index contributed by atoms with van der Waals surface area (Å²) in [6, 6.07) is 10.4. The van der Waals surface area contributed by atoms with Gasteiger partial charge in [0.05, 0.1) is 23.6 Å². The van der Waals surface area contributed by atoms with E-state index in [1.807, 2.05) is 0 Å². The van der Waals surface area contributed by atoms with E-state index in [1.165, 1.54) is 37.4 Å². The van der Waals surface area contributed by atoms with Crippen LogP contribution < -0.4 is 10.1 Å². The van der Waals surface area contributed by atoms with Crippen LogP contribution >= 0.6 is 0 Å². The van der Waals surface area contributed by atoms with Gasteiger partial charge in [0.25, 0.3) is 5.69 Å². The Labute approximate surface area is 162 Å². The Morgan fingerprint density at radius 3 is 2.75 bits per heavy atom. The van der Waals surface area contributed by atoms with Crippen molar-refractivity contribution < 1.29 is 18.8 Å². The molecule has 1 aliphatic rings. The van der Waals surface area contributed by atoms with Crippen LogP contribution in [0.1, 0.15) is 18.4 Å². The summed E-state index contributed by atoms with van der Waals surface area (Å²) in [4.78, 5) is 25.4. The molecule has 1 amide bonds. The first-order valence-electron chi connectivity index (χ1n) is 9.06. The van der Waals surface area contributed by atoms with Crippen molar-refractivity contribution in [3.63, 3.8) is 0 Å². The molecule has 1 fully saturated rings. The Balaban J connectivity index is 1.66. The molecule has 148 valence electrons. The highest BCUT2D eigenvalue weighted by Gasteiger charge is 2.27. The van der Waals surface area contributed by atoms with Gasteiger partial charge in [0, 0.05) is 25.2 Å². The molecule has 8 heteroatoms. The Morgan fingerprint density at radius 2 is 2.07 bits per heavy atom. The van der Waals surface area contributed by atoms with E-state index in [-0.39, 0.29) is 29.0 Å². The number of non-ortho nitro benzene ring substituents is 1. The summed E-state index contributed by atoms with van der Waals surface area (Å²) in [5.74, 6) is -0.329. The van der Waals surface area contributed by atoms with Crippen molar-refractivity contribution in [2.45, 2.75) is 19.4 Å². The molecule has 1 N–H and O–H groups in total. The highest BCUT2D eigenvalue weighted by Crippen LogP contribution is 2.30. The quantitative estimate of drug-likeness (QED) is 0.605. The van der Waals surface area contributed by atoms with Crippen molar-refractivity contribution in [2.75, 3.05) is 25.5 Å². The van der Waals surface area contributed by atoms with Gasteiger partial charge in [-0.25, -0.2) is 4.39 Å². The second-order valence-electron chi connectivity index (χ2n) is 6.83. The summed E-state index contributed by atoms with van der Waals surface area (Å²) >= 11 is 0. The van der Waals surface area contributed by atoms with Crippen LogP contribution in [0.4, 0.5) is 15.8 Å². The average Bonchev–Trinajstić information content (AvgIpc) is 2.70. The van der Waals surface area contributed by atoms with Gasteiger partial charge in [0.1, 0.15) is 11.6 Å². The molecule has 2 aromatic rings. The molecule has 7 nitrogen and oxygen atoms in total. The lowest BCUT2D eigenvalue weighted by atomic mass is 9.96. The van der Waals surface area contributed by atoms with Crippen molar-refractivity contribution in [3.05, 3.63) is 64.0 Å². The minimum Gasteiger partial charge on any atom is -0.495 e. The molecular formula is C20H22FN3O4.